The molecule has 1 heterocycles. The van der Waals surface area contributed by atoms with Crippen LogP contribution in [0.4, 0.5) is 17.1 Å². The monoisotopic (exact) mass is 844 g/mol. The highest BCUT2D eigenvalue weighted by molar-refractivity contribution is 6.05. The molecule has 2 aromatic rings. The number of ether oxygens (including phenoxy) is 2. The maximum absolute atomic E-state index is 13.7. The van der Waals surface area contributed by atoms with E-state index in [0.29, 0.717) is 31.0 Å². The van der Waals surface area contributed by atoms with E-state index < -0.39 is 5.91 Å². The zero-order valence-electron chi connectivity index (χ0n) is 37.7. The molecule has 2 aromatic carbocycles. The molecule has 0 N–H and O–H groups in total. The minimum Gasteiger partial charge on any atom is -0.464 e. The predicted octanol–water partition coefficient (Wildman–Crippen LogP) is 11.6. The lowest BCUT2D eigenvalue weighted by molar-refractivity contribution is -0.149. The molecule has 12 heteroatoms. The molecule has 3 rings (SSSR count). The number of azo groups is 1. The molecule has 0 aliphatic carbocycles. The van der Waals surface area contributed by atoms with Crippen LogP contribution in [-0.2, 0) is 23.9 Å². The van der Waals surface area contributed by atoms with Crippen LogP contribution in [-0.4, -0.2) is 55.6 Å². The molecule has 0 fully saturated rings. The number of carbonyl (C=O) groups excluding carboxylic acids is 3. The number of benzene rings is 2. The highest BCUT2D eigenvalue weighted by atomic mass is 16.5. The number of esters is 2. The second-order valence-corrected chi connectivity index (χ2v) is 15.6. The summed E-state index contributed by atoms with van der Waals surface area (Å²) in [7, 11) is 0. The zero-order valence-corrected chi connectivity index (χ0v) is 37.7. The molecule has 1 aliphatic rings. The Morgan fingerprint density at radius 1 is 0.710 bits per heavy atom. The third-order valence-corrected chi connectivity index (χ3v) is 11.3. The fourth-order valence-corrected chi connectivity index (χ4v) is 7.30. The number of allylic oxidation sites excluding steroid dienone is 2. The molecule has 3 atom stereocenters. The Balaban J connectivity index is 1.74. The summed E-state index contributed by atoms with van der Waals surface area (Å²) >= 11 is 0. The van der Waals surface area contributed by atoms with Crippen LogP contribution in [0.2, 0.25) is 0 Å². The summed E-state index contributed by atoms with van der Waals surface area (Å²) in [6, 6.07) is 20.6. The van der Waals surface area contributed by atoms with E-state index >= 15 is 0 Å². The third kappa shape index (κ3) is 15.1. The Hall–Kier alpha value is -6.06. The third-order valence-electron chi connectivity index (χ3n) is 11.3. The van der Waals surface area contributed by atoms with Crippen LogP contribution in [0.25, 0.3) is 6.08 Å². The van der Waals surface area contributed by atoms with Gasteiger partial charge in [0.15, 0.2) is 5.57 Å². The Labute approximate surface area is 369 Å². The summed E-state index contributed by atoms with van der Waals surface area (Å²) in [5.41, 5.74) is 2.82. The van der Waals surface area contributed by atoms with Crippen molar-refractivity contribution in [3.05, 3.63) is 82.6 Å². The molecule has 330 valence electrons. The summed E-state index contributed by atoms with van der Waals surface area (Å²) in [6.07, 6.45) is 14.1. The highest BCUT2D eigenvalue weighted by Gasteiger charge is 2.37. The van der Waals surface area contributed by atoms with Gasteiger partial charge in [-0.1, -0.05) is 105 Å². The molecule has 0 bridgehead atoms. The van der Waals surface area contributed by atoms with Crippen molar-refractivity contribution < 1.29 is 23.9 Å². The van der Waals surface area contributed by atoms with Crippen molar-refractivity contribution in [3.8, 4) is 18.2 Å². The van der Waals surface area contributed by atoms with Gasteiger partial charge in [0.05, 0.1) is 53.1 Å². The normalized spacial score (nSPS) is 14.1. The number of rotatable bonds is 27. The van der Waals surface area contributed by atoms with Gasteiger partial charge in [0.25, 0.3) is 5.91 Å². The second-order valence-electron chi connectivity index (χ2n) is 15.6. The quantitative estimate of drug-likeness (QED) is 0.0482. The smallest absolute Gasteiger partial charge is 0.308 e. The van der Waals surface area contributed by atoms with Gasteiger partial charge in [-0.05, 0) is 86.1 Å². The number of hydrogen-bond donors (Lipinski definition) is 0. The van der Waals surface area contributed by atoms with Crippen molar-refractivity contribution in [2.45, 2.75) is 119 Å². The van der Waals surface area contributed by atoms with Gasteiger partial charge in [0.1, 0.15) is 31.4 Å². The summed E-state index contributed by atoms with van der Waals surface area (Å²) < 4.78 is 11.4. The summed E-state index contributed by atoms with van der Waals surface area (Å²) in [6.45, 7) is 14.0. The van der Waals surface area contributed by atoms with E-state index in [9.17, 15) is 30.2 Å². The Morgan fingerprint density at radius 2 is 1.21 bits per heavy atom. The number of carbonyl (C=O) groups is 3. The first kappa shape index (κ1) is 50.3. The second kappa shape index (κ2) is 27.7. The van der Waals surface area contributed by atoms with Crippen LogP contribution in [0.15, 0.2) is 87.3 Å². The van der Waals surface area contributed by atoms with Crippen molar-refractivity contribution in [3.63, 3.8) is 0 Å². The molecular weight excluding hydrogens is 779 g/mol. The summed E-state index contributed by atoms with van der Waals surface area (Å²) in [5.74, 6) is -0.806. The number of nitrogens with zero attached hydrogens (tertiary/aromatic N) is 7. The average molecular weight is 844 g/mol. The van der Waals surface area contributed by atoms with Gasteiger partial charge in [-0.25, -0.2) is 0 Å². The van der Waals surface area contributed by atoms with Crippen molar-refractivity contribution in [2.75, 3.05) is 37.7 Å². The maximum Gasteiger partial charge on any atom is 0.308 e. The lowest BCUT2D eigenvalue weighted by Crippen LogP contribution is -2.33. The minimum atomic E-state index is -0.400. The standard InChI is InChI=1S/C50H65N7O5/c1-7-13-16-37(10-4)36-57-47(41(33-51)34-52)46(35-53)45(48(57)58)28-21-38-19-22-42(23-20-38)54-55-43-24-26-44(27-25-43)56(29-31-61-49(59)39(11-5)17-14-8-2)30-32-62-50(60)40(12-6)18-15-9-3/h19-28,37,39-40H,7-18,29-32,36H2,1-6H3/b28-21+,55-54+. The van der Waals surface area contributed by atoms with Crippen LogP contribution in [0.5, 0.6) is 0 Å². The number of amides is 1. The van der Waals surface area contributed by atoms with Crippen molar-refractivity contribution >= 4 is 41.0 Å². The molecule has 12 nitrogen and oxygen atoms in total. The molecule has 3 unspecified atom stereocenters. The first-order valence-corrected chi connectivity index (χ1v) is 22.5. The SMILES string of the molecule is CCCCC(CC)CN1C(=O)C(/C=C/c2ccc(/N=N/c3ccc(N(CCOC(=O)C(CC)CCCC)CCOC(=O)C(CC)CCCC)cc3)cc2)=C(C#N)C1=C(C#N)C#N. The molecule has 1 aliphatic heterocycles. The van der Waals surface area contributed by atoms with Crippen LogP contribution >= 0.6 is 0 Å². The van der Waals surface area contributed by atoms with Gasteiger partial charge in [-0.2, -0.15) is 26.0 Å². The zero-order chi connectivity index (χ0) is 45.3. The number of anilines is 1. The Kier molecular flexibility index (Phi) is 22.5. The fraction of sp³-hybridized carbons (Fsp3) is 0.520. The lowest BCUT2D eigenvalue weighted by Gasteiger charge is -2.25. The van der Waals surface area contributed by atoms with E-state index in [-0.39, 0.29) is 65.3 Å². The van der Waals surface area contributed by atoms with Crippen molar-refractivity contribution in [2.24, 2.45) is 28.0 Å². The average Bonchev–Trinajstić information content (AvgIpc) is 3.55. The van der Waals surface area contributed by atoms with E-state index in [1.165, 1.54) is 4.90 Å². The van der Waals surface area contributed by atoms with Gasteiger partial charge in [-0.3, -0.25) is 14.4 Å². The van der Waals surface area contributed by atoms with Crippen LogP contribution in [0.1, 0.15) is 124 Å². The number of nitriles is 3. The topological polar surface area (TPSA) is 172 Å². The van der Waals surface area contributed by atoms with Gasteiger partial charge in [0, 0.05) is 12.2 Å². The molecular formula is C50H65N7O5. The van der Waals surface area contributed by atoms with Crippen molar-refractivity contribution in [1.82, 2.24) is 4.90 Å². The Bertz CT molecular complexity index is 1970. The van der Waals surface area contributed by atoms with E-state index in [2.05, 4.69) is 44.0 Å². The minimum absolute atomic E-state index is 0.0203. The van der Waals surface area contributed by atoms with E-state index in [0.717, 1.165) is 88.3 Å². The molecule has 0 saturated carbocycles. The van der Waals surface area contributed by atoms with E-state index in [1.54, 1.807) is 24.3 Å². The molecule has 0 aromatic heterocycles. The Morgan fingerprint density at radius 3 is 1.66 bits per heavy atom. The fourth-order valence-electron chi connectivity index (χ4n) is 7.30. The predicted molar refractivity (Wildman–Crippen MR) is 243 cm³/mol. The molecule has 0 spiro atoms. The highest BCUT2D eigenvalue weighted by Crippen LogP contribution is 2.34. The van der Waals surface area contributed by atoms with E-state index in [4.69, 9.17) is 9.47 Å². The number of hydrogen-bond acceptors (Lipinski definition) is 11. The summed E-state index contributed by atoms with van der Waals surface area (Å²) in [5, 5.41) is 38.4. The first-order valence-electron chi connectivity index (χ1n) is 22.5. The van der Waals surface area contributed by atoms with Gasteiger partial charge in [0.2, 0.25) is 0 Å². The van der Waals surface area contributed by atoms with Gasteiger partial charge < -0.3 is 19.3 Å². The van der Waals surface area contributed by atoms with E-state index in [1.807, 2.05) is 67.3 Å². The molecule has 62 heavy (non-hydrogen) atoms. The molecule has 0 radical (unpaired) electrons. The first-order chi connectivity index (χ1) is 30.1. The van der Waals surface area contributed by atoms with Crippen LogP contribution in [0, 0.1) is 51.7 Å². The van der Waals surface area contributed by atoms with Crippen LogP contribution in [0.3, 0.4) is 0 Å². The van der Waals surface area contributed by atoms with Gasteiger partial charge in [-0.15, -0.1) is 0 Å². The molecule has 0 saturated heterocycles. The number of unbranched alkanes of at least 4 members (excludes halogenated alkanes) is 3. The lowest BCUT2D eigenvalue weighted by atomic mass is 9.98. The maximum atomic E-state index is 13.7. The van der Waals surface area contributed by atoms with Crippen molar-refractivity contribution in [1.29, 1.82) is 15.8 Å². The van der Waals surface area contributed by atoms with Gasteiger partial charge >= 0.3 is 11.9 Å². The largest absolute Gasteiger partial charge is 0.464 e. The summed E-state index contributed by atoms with van der Waals surface area (Å²) in [4.78, 5) is 42.8. The van der Waals surface area contributed by atoms with Crippen LogP contribution < -0.4 is 4.90 Å². The molecule has 1 amide bonds.